The molecular formula is C13H19NO7. The van der Waals surface area contributed by atoms with E-state index in [1.165, 1.54) is 13.8 Å². The van der Waals surface area contributed by atoms with Gasteiger partial charge in [-0.2, -0.15) is 0 Å². The molecule has 0 fully saturated rings. The van der Waals surface area contributed by atoms with Gasteiger partial charge in [-0.05, 0) is 34.6 Å². The zero-order valence-electron chi connectivity index (χ0n) is 12.6. The zero-order valence-corrected chi connectivity index (χ0v) is 12.6. The van der Waals surface area contributed by atoms with Crippen LogP contribution in [-0.2, 0) is 20.9 Å². The van der Waals surface area contributed by atoms with Gasteiger partial charge in [0.2, 0.25) is 0 Å². The lowest BCUT2D eigenvalue weighted by atomic mass is 10.2. The van der Waals surface area contributed by atoms with Crippen LogP contribution in [0.4, 0.5) is 4.79 Å². The maximum absolute atomic E-state index is 11.7. The van der Waals surface area contributed by atoms with Crippen molar-refractivity contribution in [3.8, 4) is 0 Å². The summed E-state index contributed by atoms with van der Waals surface area (Å²) in [6.45, 7) is 7.83. The average Bonchev–Trinajstić information content (AvgIpc) is 2.62. The zero-order chi connectivity index (χ0) is 16.2. The molecule has 1 heterocycles. The van der Waals surface area contributed by atoms with Crippen molar-refractivity contribution in [2.45, 2.75) is 52.9 Å². The third-order valence-corrected chi connectivity index (χ3v) is 2.27. The molecule has 0 radical (unpaired) electrons. The van der Waals surface area contributed by atoms with Crippen molar-refractivity contribution in [1.82, 2.24) is 5.32 Å². The smallest absolute Gasteiger partial charge is 0.456 e. The molecule has 0 aromatic carbocycles. The van der Waals surface area contributed by atoms with Gasteiger partial charge in [0.25, 0.3) is 0 Å². The fourth-order valence-corrected chi connectivity index (χ4v) is 1.31. The Labute approximate surface area is 121 Å². The molecule has 1 aromatic heterocycles. The molecule has 8 heteroatoms. The highest BCUT2D eigenvalue weighted by Crippen LogP contribution is 2.08. The van der Waals surface area contributed by atoms with Crippen molar-refractivity contribution in [2.75, 3.05) is 0 Å². The Morgan fingerprint density at radius 1 is 1.29 bits per heavy atom. The van der Waals surface area contributed by atoms with E-state index in [4.69, 9.17) is 9.47 Å². The molecule has 1 amide bonds. The Bertz CT molecular complexity index is 564. The summed E-state index contributed by atoms with van der Waals surface area (Å²) in [6, 6.07) is -0.904. The van der Waals surface area contributed by atoms with Crippen molar-refractivity contribution in [1.29, 1.82) is 0 Å². The molecule has 0 aliphatic carbocycles. The van der Waals surface area contributed by atoms with Crippen LogP contribution in [0.3, 0.4) is 0 Å². The first kappa shape index (κ1) is 16.8. The SMILES string of the molecule is Cc1oc(=O)oc1COC(=O)C(C)NC(=O)OC(C)(C)C. The quantitative estimate of drug-likeness (QED) is 0.839. The van der Waals surface area contributed by atoms with E-state index in [1.54, 1.807) is 20.8 Å². The summed E-state index contributed by atoms with van der Waals surface area (Å²) in [5, 5.41) is 2.34. The molecule has 1 N–H and O–H groups in total. The molecule has 0 saturated carbocycles. The number of esters is 1. The lowest BCUT2D eigenvalue weighted by Gasteiger charge is -2.21. The molecule has 118 valence electrons. The monoisotopic (exact) mass is 301 g/mol. The van der Waals surface area contributed by atoms with E-state index < -0.39 is 29.5 Å². The summed E-state index contributed by atoms with van der Waals surface area (Å²) < 4.78 is 19.2. The van der Waals surface area contributed by atoms with Gasteiger partial charge in [0.15, 0.2) is 18.1 Å². The van der Waals surface area contributed by atoms with Gasteiger partial charge >= 0.3 is 17.9 Å². The highest BCUT2D eigenvalue weighted by molar-refractivity contribution is 5.80. The summed E-state index contributed by atoms with van der Waals surface area (Å²) in [5.74, 6) is -1.19. The van der Waals surface area contributed by atoms with Gasteiger partial charge in [-0.15, -0.1) is 0 Å². The van der Waals surface area contributed by atoms with Gasteiger partial charge in [-0.3, -0.25) is 0 Å². The number of amides is 1. The summed E-state index contributed by atoms with van der Waals surface area (Å²) >= 11 is 0. The predicted molar refractivity (Wildman–Crippen MR) is 70.6 cm³/mol. The third-order valence-electron chi connectivity index (χ3n) is 2.27. The van der Waals surface area contributed by atoms with E-state index in [0.29, 0.717) is 0 Å². The number of nitrogens with one attached hydrogen (secondary N) is 1. The van der Waals surface area contributed by atoms with Crippen molar-refractivity contribution in [3.63, 3.8) is 0 Å². The molecule has 1 atom stereocenters. The van der Waals surface area contributed by atoms with Crippen molar-refractivity contribution in [2.24, 2.45) is 0 Å². The van der Waals surface area contributed by atoms with Crippen LogP contribution in [0, 0.1) is 6.92 Å². The Hall–Kier alpha value is -2.25. The minimum atomic E-state index is -0.904. The lowest BCUT2D eigenvalue weighted by molar-refractivity contribution is -0.147. The van der Waals surface area contributed by atoms with Crippen LogP contribution < -0.4 is 11.1 Å². The van der Waals surface area contributed by atoms with Gasteiger partial charge in [0, 0.05) is 0 Å². The molecule has 0 spiro atoms. The van der Waals surface area contributed by atoms with Crippen LogP contribution in [0.15, 0.2) is 13.6 Å². The number of carbonyl (C=O) groups excluding carboxylic acids is 2. The molecule has 21 heavy (non-hydrogen) atoms. The minimum absolute atomic E-state index is 0.123. The van der Waals surface area contributed by atoms with Crippen molar-refractivity contribution >= 4 is 12.1 Å². The lowest BCUT2D eigenvalue weighted by Crippen LogP contribution is -2.42. The van der Waals surface area contributed by atoms with Crippen molar-refractivity contribution < 1.29 is 27.9 Å². The van der Waals surface area contributed by atoms with E-state index >= 15 is 0 Å². The molecule has 1 rings (SSSR count). The number of rotatable bonds is 4. The molecule has 0 saturated heterocycles. The number of hydrogen-bond donors (Lipinski definition) is 1. The second-order valence-electron chi connectivity index (χ2n) is 5.41. The maximum atomic E-state index is 11.7. The minimum Gasteiger partial charge on any atom is -0.456 e. The highest BCUT2D eigenvalue weighted by atomic mass is 16.6. The fraction of sp³-hybridized carbons (Fsp3) is 0.615. The fourth-order valence-electron chi connectivity index (χ4n) is 1.31. The van der Waals surface area contributed by atoms with Crippen LogP contribution in [0.1, 0.15) is 39.2 Å². The normalized spacial score (nSPS) is 12.6. The molecular weight excluding hydrogens is 282 g/mol. The Morgan fingerprint density at radius 2 is 1.90 bits per heavy atom. The standard InChI is InChI=1S/C13H19NO7/c1-7(14-11(16)21-13(3,4)5)10(15)18-6-9-8(2)19-12(17)20-9/h7H,6H2,1-5H3,(H,14,16). The van der Waals surface area contributed by atoms with Gasteiger partial charge in [0.1, 0.15) is 11.6 Å². The van der Waals surface area contributed by atoms with Gasteiger partial charge in [0.05, 0.1) is 0 Å². The predicted octanol–water partition coefficient (Wildman–Crippen LogP) is 1.50. The van der Waals surface area contributed by atoms with E-state index in [9.17, 15) is 14.4 Å². The summed E-state index contributed by atoms with van der Waals surface area (Å²) in [5.41, 5.74) is -0.662. The summed E-state index contributed by atoms with van der Waals surface area (Å²) in [7, 11) is 0. The number of hydrogen-bond acceptors (Lipinski definition) is 7. The van der Waals surface area contributed by atoms with Crippen molar-refractivity contribution in [3.05, 3.63) is 22.1 Å². The number of ether oxygens (including phenoxy) is 2. The number of aryl methyl sites for hydroxylation is 1. The van der Waals surface area contributed by atoms with Crippen LogP contribution in [0.25, 0.3) is 0 Å². The highest BCUT2D eigenvalue weighted by Gasteiger charge is 2.22. The number of alkyl carbamates (subject to hydrolysis) is 1. The topological polar surface area (TPSA) is 108 Å². The Kier molecular flexibility index (Phi) is 5.17. The molecule has 0 aliphatic heterocycles. The third kappa shape index (κ3) is 5.72. The summed E-state index contributed by atoms with van der Waals surface area (Å²) in [4.78, 5) is 34.0. The first-order chi connectivity index (χ1) is 9.58. The first-order valence-corrected chi connectivity index (χ1v) is 6.34. The van der Waals surface area contributed by atoms with Gasteiger partial charge in [-0.1, -0.05) is 0 Å². The number of carbonyl (C=O) groups is 2. The van der Waals surface area contributed by atoms with Crippen LogP contribution in [0.2, 0.25) is 0 Å². The largest absolute Gasteiger partial charge is 0.519 e. The second kappa shape index (κ2) is 6.47. The summed E-state index contributed by atoms with van der Waals surface area (Å²) in [6.07, 6.45) is -0.724. The van der Waals surface area contributed by atoms with Crippen LogP contribution in [0.5, 0.6) is 0 Å². The van der Waals surface area contributed by atoms with Crippen LogP contribution in [-0.4, -0.2) is 23.7 Å². The maximum Gasteiger partial charge on any atom is 0.519 e. The average molecular weight is 301 g/mol. The molecule has 8 nitrogen and oxygen atoms in total. The van der Waals surface area contributed by atoms with Gasteiger partial charge in [-0.25, -0.2) is 14.4 Å². The van der Waals surface area contributed by atoms with E-state index in [2.05, 4.69) is 14.2 Å². The Morgan fingerprint density at radius 3 is 2.38 bits per heavy atom. The van der Waals surface area contributed by atoms with Gasteiger partial charge < -0.3 is 23.6 Å². The first-order valence-electron chi connectivity index (χ1n) is 6.34. The molecule has 1 aromatic rings. The Balaban J connectivity index is 2.46. The van der Waals surface area contributed by atoms with Crippen LogP contribution >= 0.6 is 0 Å². The van der Waals surface area contributed by atoms with E-state index in [-0.39, 0.29) is 18.1 Å². The molecule has 0 aliphatic rings. The molecule has 0 bridgehead atoms. The van der Waals surface area contributed by atoms with E-state index in [1.807, 2.05) is 0 Å². The van der Waals surface area contributed by atoms with E-state index in [0.717, 1.165) is 0 Å². The molecule has 1 unspecified atom stereocenters. The second-order valence-corrected chi connectivity index (χ2v) is 5.41.